The zero-order chi connectivity index (χ0) is 21.1. The molecule has 0 N–H and O–H groups in total. The lowest BCUT2D eigenvalue weighted by Crippen LogP contribution is -2.20. The molecular formula is C22H17ClN6O. The summed E-state index contributed by atoms with van der Waals surface area (Å²) in [5, 5.41) is 9.22. The molecule has 0 amide bonds. The number of nitrogens with zero attached hydrogens (tertiary/aromatic N) is 6. The van der Waals surface area contributed by atoms with Gasteiger partial charge in [-0.05, 0) is 42.3 Å². The van der Waals surface area contributed by atoms with E-state index in [9.17, 15) is 4.79 Å². The largest absolute Gasteiger partial charge is 0.330 e. The van der Waals surface area contributed by atoms with Crippen LogP contribution in [0.3, 0.4) is 0 Å². The van der Waals surface area contributed by atoms with Gasteiger partial charge >= 0.3 is 0 Å². The third kappa shape index (κ3) is 4.29. The lowest BCUT2D eigenvalue weighted by Gasteiger charge is -2.10. The Kier molecular flexibility index (Phi) is 5.42. The zero-order valence-electron chi connectivity index (χ0n) is 16.2. The van der Waals surface area contributed by atoms with Gasteiger partial charge in [-0.15, -0.1) is 0 Å². The summed E-state index contributed by atoms with van der Waals surface area (Å²) in [5.41, 5.74) is 4.02. The molecule has 0 bridgehead atoms. The number of benzene rings is 1. The SMILES string of the molecule is Cc1cc(Cl)nc(-n2ccc(Cn3cncc3Cc3ccc(C#N)cc3)cc2=O)n1. The van der Waals surface area contributed by atoms with Crippen LogP contribution >= 0.6 is 11.6 Å². The third-order valence-electron chi connectivity index (χ3n) is 4.63. The molecule has 3 aromatic heterocycles. The predicted octanol–water partition coefficient (Wildman–Crippen LogP) is 3.30. The van der Waals surface area contributed by atoms with Crippen LogP contribution in [0.4, 0.5) is 0 Å². The molecule has 0 aliphatic carbocycles. The van der Waals surface area contributed by atoms with Gasteiger partial charge in [0.2, 0.25) is 5.95 Å². The van der Waals surface area contributed by atoms with E-state index in [-0.39, 0.29) is 11.5 Å². The number of imidazole rings is 1. The van der Waals surface area contributed by atoms with Crippen molar-refractivity contribution in [3.8, 4) is 12.0 Å². The second kappa shape index (κ2) is 8.31. The van der Waals surface area contributed by atoms with E-state index in [1.165, 1.54) is 4.57 Å². The van der Waals surface area contributed by atoms with Crippen LogP contribution in [0.5, 0.6) is 0 Å². The maximum absolute atomic E-state index is 12.6. The molecule has 0 unspecified atom stereocenters. The van der Waals surface area contributed by atoms with Crippen LogP contribution in [-0.4, -0.2) is 24.1 Å². The molecule has 0 saturated heterocycles. The van der Waals surface area contributed by atoms with Crippen LogP contribution in [0.1, 0.15) is 28.1 Å². The molecule has 3 heterocycles. The van der Waals surface area contributed by atoms with E-state index in [0.717, 1.165) is 16.8 Å². The van der Waals surface area contributed by atoms with E-state index >= 15 is 0 Å². The normalized spacial score (nSPS) is 10.7. The molecule has 0 atom stereocenters. The van der Waals surface area contributed by atoms with Gasteiger partial charge in [-0.2, -0.15) is 5.26 Å². The molecule has 0 fully saturated rings. The van der Waals surface area contributed by atoms with E-state index in [1.54, 1.807) is 43.7 Å². The minimum atomic E-state index is -0.233. The monoisotopic (exact) mass is 416 g/mol. The lowest BCUT2D eigenvalue weighted by molar-refractivity contribution is 0.746. The first-order valence-electron chi connectivity index (χ1n) is 9.23. The molecule has 8 heteroatoms. The van der Waals surface area contributed by atoms with Crippen LogP contribution in [0.15, 0.2) is 66.0 Å². The summed E-state index contributed by atoms with van der Waals surface area (Å²) in [6.45, 7) is 2.31. The predicted molar refractivity (Wildman–Crippen MR) is 113 cm³/mol. The highest BCUT2D eigenvalue weighted by atomic mass is 35.5. The lowest BCUT2D eigenvalue weighted by atomic mass is 10.1. The van der Waals surface area contributed by atoms with Crippen molar-refractivity contribution in [1.82, 2.24) is 24.1 Å². The summed E-state index contributed by atoms with van der Waals surface area (Å²) < 4.78 is 3.37. The number of rotatable bonds is 5. The van der Waals surface area contributed by atoms with Crippen molar-refractivity contribution < 1.29 is 0 Å². The summed E-state index contributed by atoms with van der Waals surface area (Å²) >= 11 is 5.99. The highest BCUT2D eigenvalue weighted by molar-refractivity contribution is 6.29. The molecule has 1 aromatic carbocycles. The van der Waals surface area contributed by atoms with Crippen molar-refractivity contribution >= 4 is 11.6 Å². The first-order valence-corrected chi connectivity index (χ1v) is 9.61. The van der Waals surface area contributed by atoms with Crippen molar-refractivity contribution in [3.63, 3.8) is 0 Å². The molecule has 0 aliphatic rings. The fraction of sp³-hybridized carbons (Fsp3) is 0.136. The zero-order valence-corrected chi connectivity index (χ0v) is 16.9. The summed E-state index contributed by atoms with van der Waals surface area (Å²) in [4.78, 5) is 25.3. The summed E-state index contributed by atoms with van der Waals surface area (Å²) in [6.07, 6.45) is 5.88. The second-order valence-corrected chi connectivity index (χ2v) is 7.26. The Labute approximate surface area is 177 Å². The van der Waals surface area contributed by atoms with Gasteiger partial charge in [-0.3, -0.25) is 9.36 Å². The molecule has 7 nitrogen and oxygen atoms in total. The Hall–Kier alpha value is -3.76. The summed E-state index contributed by atoms with van der Waals surface area (Å²) in [7, 11) is 0. The molecular weight excluding hydrogens is 400 g/mol. The fourth-order valence-corrected chi connectivity index (χ4v) is 3.38. The quantitative estimate of drug-likeness (QED) is 0.466. The Bertz CT molecular complexity index is 1280. The molecule has 148 valence electrons. The average Bonchev–Trinajstić information content (AvgIpc) is 3.14. The number of hydrogen-bond donors (Lipinski definition) is 0. The van der Waals surface area contributed by atoms with Crippen LogP contribution in [0, 0.1) is 18.3 Å². The van der Waals surface area contributed by atoms with E-state index in [2.05, 4.69) is 21.0 Å². The first-order chi connectivity index (χ1) is 14.5. The van der Waals surface area contributed by atoms with Gasteiger partial charge in [0.05, 0.1) is 18.0 Å². The van der Waals surface area contributed by atoms with Crippen LogP contribution in [0.25, 0.3) is 5.95 Å². The van der Waals surface area contributed by atoms with Crippen LogP contribution in [0.2, 0.25) is 5.15 Å². The number of aryl methyl sites for hydroxylation is 1. The fourth-order valence-electron chi connectivity index (χ4n) is 3.15. The average molecular weight is 417 g/mol. The highest BCUT2D eigenvalue weighted by Crippen LogP contribution is 2.13. The Morgan fingerprint density at radius 3 is 2.60 bits per heavy atom. The maximum atomic E-state index is 12.6. The number of pyridine rings is 1. The smallest absolute Gasteiger partial charge is 0.257 e. The van der Waals surface area contributed by atoms with E-state index in [0.29, 0.717) is 29.4 Å². The molecule has 0 spiro atoms. The Morgan fingerprint density at radius 1 is 1.10 bits per heavy atom. The topological polar surface area (TPSA) is 89.4 Å². The van der Waals surface area contributed by atoms with Crippen molar-refractivity contribution in [3.05, 3.63) is 105 Å². The maximum Gasteiger partial charge on any atom is 0.257 e. The summed E-state index contributed by atoms with van der Waals surface area (Å²) in [5.74, 6) is 0.251. The van der Waals surface area contributed by atoms with E-state index < -0.39 is 0 Å². The first kappa shape index (κ1) is 19.6. The molecule has 30 heavy (non-hydrogen) atoms. The minimum absolute atomic E-state index is 0.233. The van der Waals surface area contributed by atoms with Gasteiger partial charge in [-0.25, -0.2) is 15.0 Å². The van der Waals surface area contributed by atoms with Gasteiger partial charge in [0.1, 0.15) is 5.15 Å². The van der Waals surface area contributed by atoms with Crippen molar-refractivity contribution in [1.29, 1.82) is 5.26 Å². The second-order valence-electron chi connectivity index (χ2n) is 6.87. The van der Waals surface area contributed by atoms with Crippen molar-refractivity contribution in [2.75, 3.05) is 0 Å². The molecule has 4 rings (SSSR count). The standard InChI is InChI=1S/C22H17ClN6O/c1-15-8-20(23)27-22(26-15)29-7-6-18(10-21(29)30)13-28-14-25-12-19(28)9-16-2-4-17(11-24)5-3-16/h2-8,10,12,14H,9,13H2,1H3. The Balaban J connectivity index is 1.55. The number of aromatic nitrogens is 5. The van der Waals surface area contributed by atoms with Gasteiger partial charge < -0.3 is 4.57 Å². The van der Waals surface area contributed by atoms with Gasteiger partial charge in [0.25, 0.3) is 5.56 Å². The van der Waals surface area contributed by atoms with Crippen molar-refractivity contribution in [2.45, 2.75) is 19.9 Å². The number of nitriles is 1. The van der Waals surface area contributed by atoms with E-state index in [4.69, 9.17) is 16.9 Å². The van der Waals surface area contributed by atoms with E-state index in [1.807, 2.05) is 29.0 Å². The molecule has 0 radical (unpaired) electrons. The number of hydrogen-bond acceptors (Lipinski definition) is 5. The van der Waals surface area contributed by atoms with Gasteiger partial charge in [0.15, 0.2) is 0 Å². The van der Waals surface area contributed by atoms with Crippen molar-refractivity contribution in [2.24, 2.45) is 0 Å². The highest BCUT2D eigenvalue weighted by Gasteiger charge is 2.09. The van der Waals surface area contributed by atoms with Gasteiger partial charge in [0, 0.05) is 42.8 Å². The third-order valence-corrected chi connectivity index (χ3v) is 4.82. The number of halogens is 1. The minimum Gasteiger partial charge on any atom is -0.330 e. The van der Waals surface area contributed by atoms with Gasteiger partial charge in [-0.1, -0.05) is 23.7 Å². The van der Waals surface area contributed by atoms with Crippen LogP contribution < -0.4 is 5.56 Å². The molecule has 0 aliphatic heterocycles. The molecule has 0 saturated carbocycles. The summed E-state index contributed by atoms with van der Waals surface area (Å²) in [6, 6.07) is 14.6. The molecule has 4 aromatic rings. The Morgan fingerprint density at radius 2 is 1.90 bits per heavy atom. The van der Waals surface area contributed by atoms with Crippen LogP contribution in [-0.2, 0) is 13.0 Å².